The van der Waals surface area contributed by atoms with Crippen LogP contribution in [0.4, 0.5) is 15.8 Å². The Hall–Kier alpha value is -2.73. The van der Waals surface area contributed by atoms with Crippen molar-refractivity contribution in [2.45, 2.75) is 13.5 Å². The highest BCUT2D eigenvalue weighted by molar-refractivity contribution is 7.80. The Bertz CT molecular complexity index is 825. The van der Waals surface area contributed by atoms with Crippen molar-refractivity contribution in [3.63, 3.8) is 0 Å². The zero-order chi connectivity index (χ0) is 16.9. The van der Waals surface area contributed by atoms with Crippen molar-refractivity contribution < 1.29 is 4.39 Å². The van der Waals surface area contributed by atoms with Gasteiger partial charge in [0, 0.05) is 11.9 Å². The second-order valence-electron chi connectivity index (χ2n) is 5.50. The summed E-state index contributed by atoms with van der Waals surface area (Å²) in [5.41, 5.74) is 3.89. The van der Waals surface area contributed by atoms with E-state index in [0.717, 1.165) is 16.9 Å². The fraction of sp³-hybridized carbons (Fsp3) is 0.111. The lowest BCUT2D eigenvalue weighted by atomic mass is 10.2. The minimum Gasteiger partial charge on any atom is -0.332 e. The van der Waals surface area contributed by atoms with Gasteiger partial charge in [0.2, 0.25) is 0 Å². The van der Waals surface area contributed by atoms with E-state index in [1.165, 1.54) is 17.7 Å². The summed E-state index contributed by atoms with van der Waals surface area (Å²) in [6.45, 7) is 2.61. The standard InChI is InChI=1S/C18H17FN4S/c1-13-2-8-16(9-3-13)21-18(24)22-17-10-20-23(12-17)11-14-4-6-15(19)7-5-14/h2-10,12H,11H2,1H3,(H2,21,22,24). The Morgan fingerprint density at radius 1 is 1.04 bits per heavy atom. The summed E-state index contributed by atoms with van der Waals surface area (Å²) in [6.07, 6.45) is 3.55. The van der Waals surface area contributed by atoms with Crippen molar-refractivity contribution in [3.8, 4) is 0 Å². The lowest BCUT2D eigenvalue weighted by molar-refractivity contribution is 0.624. The number of rotatable bonds is 4. The molecule has 0 radical (unpaired) electrons. The molecule has 4 nitrogen and oxygen atoms in total. The molecule has 3 rings (SSSR count). The van der Waals surface area contributed by atoms with Crippen LogP contribution in [0.5, 0.6) is 0 Å². The van der Waals surface area contributed by atoms with Gasteiger partial charge in [0.15, 0.2) is 5.11 Å². The molecule has 1 heterocycles. The minimum atomic E-state index is -0.242. The number of aryl methyl sites for hydroxylation is 1. The van der Waals surface area contributed by atoms with E-state index in [-0.39, 0.29) is 5.82 Å². The molecule has 3 aromatic rings. The van der Waals surface area contributed by atoms with Crippen LogP contribution in [-0.2, 0) is 6.54 Å². The zero-order valence-corrected chi connectivity index (χ0v) is 14.0. The fourth-order valence-corrected chi connectivity index (χ4v) is 2.46. The molecule has 1 aromatic heterocycles. The molecule has 0 bridgehead atoms. The summed E-state index contributed by atoms with van der Waals surface area (Å²) in [5, 5.41) is 11.0. The first-order chi connectivity index (χ1) is 11.6. The van der Waals surface area contributed by atoms with Crippen molar-refractivity contribution >= 4 is 28.7 Å². The highest BCUT2D eigenvalue weighted by Crippen LogP contribution is 2.12. The van der Waals surface area contributed by atoms with Crippen molar-refractivity contribution in [2.75, 3.05) is 10.6 Å². The van der Waals surface area contributed by atoms with Crippen molar-refractivity contribution in [1.29, 1.82) is 0 Å². The van der Waals surface area contributed by atoms with Crippen molar-refractivity contribution in [3.05, 3.63) is 77.9 Å². The number of hydrogen-bond donors (Lipinski definition) is 2. The first-order valence-corrected chi connectivity index (χ1v) is 7.91. The first kappa shape index (κ1) is 16.1. The molecule has 0 aliphatic carbocycles. The molecule has 24 heavy (non-hydrogen) atoms. The molecule has 6 heteroatoms. The normalized spacial score (nSPS) is 10.4. The molecule has 0 aliphatic heterocycles. The van der Waals surface area contributed by atoms with E-state index in [0.29, 0.717) is 11.7 Å². The van der Waals surface area contributed by atoms with Gasteiger partial charge in [-0.25, -0.2) is 4.39 Å². The second kappa shape index (κ2) is 7.23. The summed E-state index contributed by atoms with van der Waals surface area (Å²) in [6, 6.07) is 14.4. The van der Waals surface area contributed by atoms with Gasteiger partial charge < -0.3 is 10.6 Å². The fourth-order valence-electron chi connectivity index (χ4n) is 2.22. The first-order valence-electron chi connectivity index (χ1n) is 7.50. The Balaban J connectivity index is 1.58. The van der Waals surface area contributed by atoms with Crippen LogP contribution in [0.2, 0.25) is 0 Å². The summed E-state index contributed by atoms with van der Waals surface area (Å²) < 4.78 is 14.7. The largest absolute Gasteiger partial charge is 0.332 e. The summed E-state index contributed by atoms with van der Waals surface area (Å²) in [7, 11) is 0. The molecular weight excluding hydrogens is 323 g/mol. The zero-order valence-electron chi connectivity index (χ0n) is 13.2. The van der Waals surface area contributed by atoms with E-state index in [2.05, 4.69) is 15.7 Å². The van der Waals surface area contributed by atoms with E-state index in [9.17, 15) is 4.39 Å². The predicted octanol–water partition coefficient (Wildman–Crippen LogP) is 4.19. The summed E-state index contributed by atoms with van der Waals surface area (Å²) in [5.74, 6) is -0.242. The van der Waals surface area contributed by atoms with E-state index >= 15 is 0 Å². The number of halogens is 1. The third kappa shape index (κ3) is 4.39. The second-order valence-corrected chi connectivity index (χ2v) is 5.91. The van der Waals surface area contributed by atoms with E-state index < -0.39 is 0 Å². The number of aromatic nitrogens is 2. The molecular formula is C18H17FN4S. The Morgan fingerprint density at radius 2 is 1.71 bits per heavy atom. The summed E-state index contributed by atoms with van der Waals surface area (Å²) in [4.78, 5) is 0. The Morgan fingerprint density at radius 3 is 2.42 bits per heavy atom. The van der Waals surface area contributed by atoms with Gasteiger partial charge >= 0.3 is 0 Å². The highest BCUT2D eigenvalue weighted by Gasteiger charge is 2.03. The van der Waals surface area contributed by atoms with Crippen molar-refractivity contribution in [2.24, 2.45) is 0 Å². The Kier molecular flexibility index (Phi) is 4.86. The van der Waals surface area contributed by atoms with Crippen LogP contribution >= 0.6 is 12.2 Å². The summed E-state index contributed by atoms with van der Waals surface area (Å²) >= 11 is 5.30. The number of thiocarbonyl (C=S) groups is 1. The molecule has 0 unspecified atom stereocenters. The van der Waals surface area contributed by atoms with Crippen LogP contribution in [0, 0.1) is 12.7 Å². The van der Waals surface area contributed by atoms with Crippen molar-refractivity contribution in [1.82, 2.24) is 9.78 Å². The quantitative estimate of drug-likeness (QED) is 0.699. The molecule has 122 valence electrons. The van der Waals surface area contributed by atoms with Crippen LogP contribution in [0.15, 0.2) is 60.9 Å². The number of anilines is 2. The van der Waals surface area contributed by atoms with Gasteiger partial charge in [-0.2, -0.15) is 5.10 Å². The maximum atomic E-state index is 12.9. The number of benzene rings is 2. The third-order valence-electron chi connectivity index (χ3n) is 3.46. The van der Waals surface area contributed by atoms with E-state index in [4.69, 9.17) is 12.2 Å². The van der Waals surface area contributed by atoms with Crippen LogP contribution < -0.4 is 10.6 Å². The maximum absolute atomic E-state index is 12.9. The molecule has 0 saturated carbocycles. The SMILES string of the molecule is Cc1ccc(NC(=S)Nc2cnn(Cc3ccc(F)cc3)c2)cc1. The van der Waals surface area contributed by atoms with Gasteiger partial charge in [0.25, 0.3) is 0 Å². The van der Waals surface area contributed by atoms with Gasteiger partial charge in [0.1, 0.15) is 5.82 Å². The molecule has 0 amide bonds. The minimum absolute atomic E-state index is 0.242. The monoisotopic (exact) mass is 340 g/mol. The van der Waals surface area contributed by atoms with Crippen LogP contribution in [-0.4, -0.2) is 14.9 Å². The number of hydrogen-bond acceptors (Lipinski definition) is 2. The van der Waals surface area contributed by atoms with Gasteiger partial charge in [-0.1, -0.05) is 29.8 Å². The molecule has 0 saturated heterocycles. The molecule has 0 aliphatic rings. The van der Waals surface area contributed by atoms with Gasteiger partial charge in [0.05, 0.1) is 18.4 Å². The number of nitrogens with zero attached hydrogens (tertiary/aromatic N) is 2. The predicted molar refractivity (Wildman–Crippen MR) is 98.8 cm³/mol. The highest BCUT2D eigenvalue weighted by atomic mass is 32.1. The van der Waals surface area contributed by atoms with Crippen LogP contribution in [0.3, 0.4) is 0 Å². The molecule has 2 N–H and O–H groups in total. The smallest absolute Gasteiger partial charge is 0.175 e. The van der Waals surface area contributed by atoms with Crippen LogP contribution in [0.25, 0.3) is 0 Å². The van der Waals surface area contributed by atoms with Gasteiger partial charge in [-0.3, -0.25) is 4.68 Å². The third-order valence-corrected chi connectivity index (χ3v) is 3.66. The average Bonchev–Trinajstić information content (AvgIpc) is 2.99. The van der Waals surface area contributed by atoms with E-state index in [1.54, 1.807) is 23.0 Å². The molecule has 2 aromatic carbocycles. The molecule has 0 fully saturated rings. The van der Waals surface area contributed by atoms with E-state index in [1.807, 2.05) is 37.4 Å². The molecule has 0 atom stereocenters. The topological polar surface area (TPSA) is 41.9 Å². The lowest BCUT2D eigenvalue weighted by Crippen LogP contribution is -2.18. The van der Waals surface area contributed by atoms with Gasteiger partial charge in [-0.05, 0) is 49.0 Å². The Labute approximate surface area is 145 Å². The lowest BCUT2D eigenvalue weighted by Gasteiger charge is -2.09. The average molecular weight is 340 g/mol. The van der Waals surface area contributed by atoms with Crippen LogP contribution in [0.1, 0.15) is 11.1 Å². The maximum Gasteiger partial charge on any atom is 0.175 e. The molecule has 0 spiro atoms. The van der Waals surface area contributed by atoms with Gasteiger partial charge in [-0.15, -0.1) is 0 Å². The number of nitrogens with one attached hydrogen (secondary N) is 2.